The Labute approximate surface area is 118 Å². The topological polar surface area (TPSA) is 47.9 Å². The third-order valence-electron chi connectivity index (χ3n) is 2.81. The van der Waals surface area contributed by atoms with Crippen molar-refractivity contribution >= 4 is 0 Å². The molecule has 4 heteroatoms. The van der Waals surface area contributed by atoms with Gasteiger partial charge in [0.05, 0.1) is 13.7 Å². The first-order valence-electron chi connectivity index (χ1n) is 6.42. The van der Waals surface area contributed by atoms with Gasteiger partial charge in [0, 0.05) is 5.56 Å². The van der Waals surface area contributed by atoms with Crippen LogP contribution >= 0.6 is 0 Å². The van der Waals surface area contributed by atoms with E-state index in [9.17, 15) is 5.11 Å². The van der Waals surface area contributed by atoms with Crippen molar-refractivity contribution in [3.63, 3.8) is 0 Å². The Morgan fingerprint density at radius 3 is 2.00 bits per heavy atom. The molecule has 0 heterocycles. The Bertz CT molecular complexity index is 490. The van der Waals surface area contributed by atoms with Crippen LogP contribution in [-0.2, 0) is 6.61 Å². The maximum absolute atomic E-state index is 9.19. The smallest absolute Gasteiger partial charge is 0.161 e. The number of hydrogen-bond donors (Lipinski definition) is 1. The van der Waals surface area contributed by atoms with Gasteiger partial charge in [-0.2, -0.15) is 0 Å². The number of para-hydroxylation sites is 3. The Balaban J connectivity index is 1.84. The quantitative estimate of drug-likeness (QED) is 0.789. The molecule has 106 valence electrons. The summed E-state index contributed by atoms with van der Waals surface area (Å²) in [5, 5.41) is 9.19. The van der Waals surface area contributed by atoms with Crippen LogP contribution in [0.3, 0.4) is 0 Å². The zero-order chi connectivity index (χ0) is 14.2. The summed E-state index contributed by atoms with van der Waals surface area (Å²) in [7, 11) is 1.61. The van der Waals surface area contributed by atoms with Gasteiger partial charge in [0.15, 0.2) is 11.5 Å². The minimum atomic E-state index is -0.0382. The predicted molar refractivity (Wildman–Crippen MR) is 76.3 cm³/mol. The van der Waals surface area contributed by atoms with E-state index < -0.39 is 0 Å². The number of ether oxygens (including phenoxy) is 3. The third kappa shape index (κ3) is 3.65. The van der Waals surface area contributed by atoms with Crippen LogP contribution < -0.4 is 14.2 Å². The average molecular weight is 274 g/mol. The molecule has 0 amide bonds. The number of methoxy groups -OCH3 is 1. The zero-order valence-electron chi connectivity index (χ0n) is 11.4. The lowest BCUT2D eigenvalue weighted by atomic mass is 10.2. The SMILES string of the molecule is COc1ccccc1OCCOc1ccccc1CO. The minimum Gasteiger partial charge on any atom is -0.493 e. The van der Waals surface area contributed by atoms with Crippen molar-refractivity contribution in [3.05, 3.63) is 54.1 Å². The summed E-state index contributed by atoms with van der Waals surface area (Å²) in [6.07, 6.45) is 0. The van der Waals surface area contributed by atoms with Crippen LogP contribution in [-0.4, -0.2) is 25.4 Å². The van der Waals surface area contributed by atoms with Gasteiger partial charge in [-0.15, -0.1) is 0 Å². The standard InChI is InChI=1S/C16H18O4/c1-18-15-8-4-5-9-16(15)20-11-10-19-14-7-3-2-6-13(14)12-17/h2-9,17H,10-12H2,1H3. The lowest BCUT2D eigenvalue weighted by molar-refractivity contribution is 0.205. The summed E-state index contributed by atoms with van der Waals surface area (Å²) in [6, 6.07) is 14.9. The van der Waals surface area contributed by atoms with Crippen molar-refractivity contribution in [1.29, 1.82) is 0 Å². The molecular formula is C16H18O4. The van der Waals surface area contributed by atoms with E-state index in [2.05, 4.69) is 0 Å². The molecule has 1 N–H and O–H groups in total. The summed E-state index contributed by atoms with van der Waals surface area (Å²) in [4.78, 5) is 0. The number of hydrogen-bond acceptors (Lipinski definition) is 4. The monoisotopic (exact) mass is 274 g/mol. The van der Waals surface area contributed by atoms with Crippen LogP contribution in [0, 0.1) is 0 Å². The molecule has 0 aromatic heterocycles. The van der Waals surface area contributed by atoms with Gasteiger partial charge in [-0.05, 0) is 18.2 Å². The van der Waals surface area contributed by atoms with Gasteiger partial charge in [-0.1, -0.05) is 30.3 Å². The maximum atomic E-state index is 9.19. The van der Waals surface area contributed by atoms with E-state index >= 15 is 0 Å². The molecule has 0 aliphatic rings. The van der Waals surface area contributed by atoms with E-state index in [-0.39, 0.29) is 6.61 Å². The molecule has 0 aliphatic carbocycles. The highest BCUT2D eigenvalue weighted by Crippen LogP contribution is 2.25. The van der Waals surface area contributed by atoms with Crippen LogP contribution in [0.25, 0.3) is 0 Å². The van der Waals surface area contributed by atoms with E-state index in [0.29, 0.717) is 30.5 Å². The Hall–Kier alpha value is -2.20. The van der Waals surface area contributed by atoms with Gasteiger partial charge in [0.2, 0.25) is 0 Å². The van der Waals surface area contributed by atoms with E-state index in [1.54, 1.807) is 7.11 Å². The number of benzene rings is 2. The predicted octanol–water partition coefficient (Wildman–Crippen LogP) is 2.65. The fraction of sp³-hybridized carbons (Fsp3) is 0.250. The molecule has 2 aromatic rings. The summed E-state index contributed by atoms with van der Waals surface area (Å²) in [5.41, 5.74) is 0.768. The second kappa shape index (κ2) is 7.40. The molecule has 0 atom stereocenters. The molecule has 0 radical (unpaired) electrons. The van der Waals surface area contributed by atoms with E-state index in [1.807, 2.05) is 48.5 Å². The zero-order valence-corrected chi connectivity index (χ0v) is 11.4. The van der Waals surface area contributed by atoms with Crippen molar-refractivity contribution in [2.75, 3.05) is 20.3 Å². The molecule has 0 spiro atoms. The van der Waals surface area contributed by atoms with Crippen LogP contribution in [0.1, 0.15) is 5.56 Å². The van der Waals surface area contributed by atoms with Gasteiger partial charge < -0.3 is 19.3 Å². The molecule has 0 saturated carbocycles. The summed E-state index contributed by atoms with van der Waals surface area (Å²) in [5.74, 6) is 2.07. The fourth-order valence-corrected chi connectivity index (χ4v) is 1.82. The first kappa shape index (κ1) is 14.2. The van der Waals surface area contributed by atoms with Crippen molar-refractivity contribution in [2.24, 2.45) is 0 Å². The number of aliphatic hydroxyl groups is 1. The molecular weight excluding hydrogens is 256 g/mol. The highest BCUT2D eigenvalue weighted by atomic mass is 16.5. The molecule has 0 fully saturated rings. The van der Waals surface area contributed by atoms with Crippen LogP contribution in [0.15, 0.2) is 48.5 Å². The van der Waals surface area contributed by atoms with E-state index in [4.69, 9.17) is 14.2 Å². The van der Waals surface area contributed by atoms with Gasteiger partial charge in [-0.25, -0.2) is 0 Å². The Morgan fingerprint density at radius 2 is 1.35 bits per heavy atom. The Kier molecular flexibility index (Phi) is 5.26. The summed E-state index contributed by atoms with van der Waals surface area (Å²) in [6.45, 7) is 0.763. The maximum Gasteiger partial charge on any atom is 0.161 e. The first-order chi connectivity index (χ1) is 9.85. The normalized spacial score (nSPS) is 10.1. The largest absolute Gasteiger partial charge is 0.493 e. The average Bonchev–Trinajstić information content (AvgIpc) is 2.52. The second-order valence-corrected chi connectivity index (χ2v) is 4.11. The van der Waals surface area contributed by atoms with Crippen molar-refractivity contribution in [1.82, 2.24) is 0 Å². The molecule has 0 bridgehead atoms. The van der Waals surface area contributed by atoms with Crippen molar-refractivity contribution < 1.29 is 19.3 Å². The molecule has 4 nitrogen and oxygen atoms in total. The van der Waals surface area contributed by atoms with Gasteiger partial charge in [0.25, 0.3) is 0 Å². The third-order valence-corrected chi connectivity index (χ3v) is 2.81. The minimum absolute atomic E-state index is 0.0382. The molecule has 0 aliphatic heterocycles. The lowest BCUT2D eigenvalue weighted by Gasteiger charge is -2.12. The summed E-state index contributed by atoms with van der Waals surface area (Å²) < 4.78 is 16.4. The summed E-state index contributed by atoms with van der Waals surface area (Å²) >= 11 is 0. The molecule has 2 rings (SSSR count). The van der Waals surface area contributed by atoms with Gasteiger partial charge in [0.1, 0.15) is 19.0 Å². The van der Waals surface area contributed by atoms with Gasteiger partial charge >= 0.3 is 0 Å². The first-order valence-corrected chi connectivity index (χ1v) is 6.42. The second-order valence-electron chi connectivity index (χ2n) is 4.11. The highest BCUT2D eigenvalue weighted by molar-refractivity contribution is 5.39. The van der Waals surface area contributed by atoms with E-state index in [1.165, 1.54) is 0 Å². The van der Waals surface area contributed by atoms with Gasteiger partial charge in [-0.3, -0.25) is 0 Å². The van der Waals surface area contributed by atoms with Crippen molar-refractivity contribution in [2.45, 2.75) is 6.61 Å². The van der Waals surface area contributed by atoms with Crippen molar-refractivity contribution in [3.8, 4) is 17.2 Å². The number of rotatable bonds is 7. The number of aliphatic hydroxyl groups excluding tert-OH is 1. The Morgan fingerprint density at radius 1 is 0.800 bits per heavy atom. The van der Waals surface area contributed by atoms with E-state index in [0.717, 1.165) is 5.56 Å². The molecule has 0 saturated heterocycles. The highest BCUT2D eigenvalue weighted by Gasteiger charge is 2.04. The molecule has 20 heavy (non-hydrogen) atoms. The lowest BCUT2D eigenvalue weighted by Crippen LogP contribution is -2.10. The van der Waals surface area contributed by atoms with Crippen LogP contribution in [0.4, 0.5) is 0 Å². The van der Waals surface area contributed by atoms with Crippen LogP contribution in [0.5, 0.6) is 17.2 Å². The molecule has 0 unspecified atom stereocenters. The molecule has 2 aromatic carbocycles. The fourth-order valence-electron chi connectivity index (χ4n) is 1.82. The van der Waals surface area contributed by atoms with Crippen LogP contribution in [0.2, 0.25) is 0 Å².